The minimum absolute atomic E-state index is 0.106. The number of ether oxygens (including phenoxy) is 2. The van der Waals surface area contributed by atoms with Gasteiger partial charge in [-0.15, -0.1) is 0 Å². The number of hydrogen-bond donors (Lipinski definition) is 3. The van der Waals surface area contributed by atoms with Gasteiger partial charge in [-0.2, -0.15) is 5.10 Å². The number of hydrazone groups is 1. The van der Waals surface area contributed by atoms with Crippen LogP contribution in [0.1, 0.15) is 42.5 Å². The number of carbonyl (C=O) groups excluding carboxylic acids is 3. The normalized spacial score (nSPS) is 11.6. The van der Waals surface area contributed by atoms with E-state index in [1.807, 2.05) is 39.8 Å². The van der Waals surface area contributed by atoms with E-state index in [2.05, 4.69) is 21.2 Å². The fraction of sp³-hybridized carbons (Fsp3) is 0.360. The number of hydrogen-bond acceptors (Lipinski definition) is 6. The van der Waals surface area contributed by atoms with Gasteiger partial charge in [0.15, 0.2) is 18.1 Å². The van der Waals surface area contributed by atoms with E-state index in [1.165, 1.54) is 13.3 Å². The molecule has 0 unspecified atom stereocenters. The molecule has 0 radical (unpaired) electrons. The molecule has 0 saturated heterocycles. The molecule has 2 aromatic rings. The summed E-state index contributed by atoms with van der Waals surface area (Å²) >= 11 is 0. The van der Waals surface area contributed by atoms with E-state index in [0.717, 1.165) is 22.4 Å². The number of nitrogens with one attached hydrogen (secondary N) is 3. The van der Waals surface area contributed by atoms with Gasteiger partial charge in [-0.25, -0.2) is 5.43 Å². The molecule has 9 heteroatoms. The third-order valence-electron chi connectivity index (χ3n) is 5.06. The van der Waals surface area contributed by atoms with E-state index < -0.39 is 11.8 Å². The molecule has 34 heavy (non-hydrogen) atoms. The number of nitrogens with zero attached hydrogens (tertiary/aromatic N) is 1. The first-order valence-corrected chi connectivity index (χ1v) is 11.0. The fourth-order valence-corrected chi connectivity index (χ4v) is 3.19. The molecular weight excluding hydrogens is 436 g/mol. The Morgan fingerprint density at radius 3 is 2.32 bits per heavy atom. The summed E-state index contributed by atoms with van der Waals surface area (Å²) in [6, 6.07) is 8.86. The van der Waals surface area contributed by atoms with Crippen molar-refractivity contribution in [3.63, 3.8) is 0 Å². The quantitative estimate of drug-likeness (QED) is 0.297. The highest BCUT2D eigenvalue weighted by Crippen LogP contribution is 2.28. The third kappa shape index (κ3) is 7.61. The molecule has 0 saturated carbocycles. The van der Waals surface area contributed by atoms with E-state index in [4.69, 9.17) is 9.47 Å². The molecule has 2 aromatic carbocycles. The Balaban J connectivity index is 1.96. The molecule has 0 aromatic heterocycles. The Labute approximate surface area is 199 Å². The van der Waals surface area contributed by atoms with Gasteiger partial charge in [0.25, 0.3) is 5.91 Å². The van der Waals surface area contributed by atoms with E-state index in [0.29, 0.717) is 23.5 Å². The lowest BCUT2D eigenvalue weighted by molar-refractivity contribution is -0.139. The van der Waals surface area contributed by atoms with Crippen molar-refractivity contribution in [1.29, 1.82) is 0 Å². The van der Waals surface area contributed by atoms with E-state index in [-0.39, 0.29) is 18.6 Å². The molecule has 1 atom stereocenters. The fourth-order valence-electron chi connectivity index (χ4n) is 3.19. The van der Waals surface area contributed by atoms with Crippen LogP contribution in [0.2, 0.25) is 0 Å². The van der Waals surface area contributed by atoms with Gasteiger partial charge < -0.3 is 20.1 Å². The van der Waals surface area contributed by atoms with E-state index in [9.17, 15) is 14.4 Å². The standard InChI is InChI=1S/C25H32N4O5/c1-7-18(5)27-24(31)25(32)29-26-13-19-8-9-20(21(12-19)33-6)34-14-22(30)28-23-16(3)10-15(2)11-17(23)4/h8-13,18H,7,14H2,1-6H3,(H,27,31)(H,28,30)(H,29,32)/b26-13-/t18-/m1/s1. The van der Waals surface area contributed by atoms with Crippen LogP contribution in [-0.2, 0) is 14.4 Å². The van der Waals surface area contributed by atoms with Gasteiger partial charge in [0.1, 0.15) is 0 Å². The van der Waals surface area contributed by atoms with Crippen molar-refractivity contribution in [1.82, 2.24) is 10.7 Å². The van der Waals surface area contributed by atoms with Gasteiger partial charge >= 0.3 is 11.8 Å². The number of anilines is 1. The summed E-state index contributed by atoms with van der Waals surface area (Å²) in [5.41, 5.74) is 6.65. The number of rotatable bonds is 9. The van der Waals surface area contributed by atoms with E-state index >= 15 is 0 Å². The molecule has 9 nitrogen and oxygen atoms in total. The largest absolute Gasteiger partial charge is 0.493 e. The molecule has 0 bridgehead atoms. The van der Waals surface area contributed by atoms with Crippen LogP contribution in [0.15, 0.2) is 35.4 Å². The van der Waals surface area contributed by atoms with Gasteiger partial charge in [0, 0.05) is 11.7 Å². The van der Waals surface area contributed by atoms with Crippen LogP contribution >= 0.6 is 0 Å². The van der Waals surface area contributed by atoms with Gasteiger partial charge in [-0.3, -0.25) is 14.4 Å². The summed E-state index contributed by atoms with van der Waals surface area (Å²) in [6.07, 6.45) is 2.08. The summed E-state index contributed by atoms with van der Waals surface area (Å²) in [5, 5.41) is 9.24. The molecule has 2 rings (SSSR count). The third-order valence-corrected chi connectivity index (χ3v) is 5.06. The SMILES string of the molecule is CC[C@@H](C)NC(=O)C(=O)N/N=C\c1ccc(OCC(=O)Nc2c(C)cc(C)cc2C)c(OC)c1. The van der Waals surface area contributed by atoms with Gasteiger partial charge in [0.2, 0.25) is 0 Å². The summed E-state index contributed by atoms with van der Waals surface area (Å²) in [5.74, 6) is -1.12. The van der Waals surface area contributed by atoms with Crippen LogP contribution in [0, 0.1) is 20.8 Å². The predicted molar refractivity (Wildman–Crippen MR) is 131 cm³/mol. The zero-order valence-electron chi connectivity index (χ0n) is 20.4. The van der Waals surface area contributed by atoms with Gasteiger partial charge in [-0.1, -0.05) is 24.6 Å². The molecule has 3 amide bonds. The highest BCUT2D eigenvalue weighted by molar-refractivity contribution is 6.35. The van der Waals surface area contributed by atoms with Crippen molar-refractivity contribution in [2.24, 2.45) is 5.10 Å². The second-order valence-electron chi connectivity index (χ2n) is 8.00. The highest BCUT2D eigenvalue weighted by Gasteiger charge is 2.14. The molecule has 0 heterocycles. The molecule has 182 valence electrons. The number of benzene rings is 2. The minimum atomic E-state index is -0.853. The predicted octanol–water partition coefficient (Wildman–Crippen LogP) is 3.00. The average Bonchev–Trinajstić information content (AvgIpc) is 2.79. The van der Waals surface area contributed by atoms with Crippen molar-refractivity contribution in [2.45, 2.75) is 47.1 Å². The van der Waals surface area contributed by atoms with Gasteiger partial charge in [0.05, 0.1) is 13.3 Å². The van der Waals surface area contributed by atoms with Crippen molar-refractivity contribution in [3.05, 3.63) is 52.6 Å². The summed E-state index contributed by atoms with van der Waals surface area (Å²) in [7, 11) is 1.48. The van der Waals surface area contributed by atoms with Crippen LogP contribution in [0.25, 0.3) is 0 Å². The Bertz CT molecular complexity index is 1060. The van der Waals surface area contributed by atoms with Crippen molar-refractivity contribution in [3.8, 4) is 11.5 Å². The maximum atomic E-state index is 12.4. The highest BCUT2D eigenvalue weighted by atomic mass is 16.5. The second kappa shape index (κ2) is 12.4. The molecule has 3 N–H and O–H groups in total. The summed E-state index contributed by atoms with van der Waals surface area (Å²) in [4.78, 5) is 35.9. The summed E-state index contributed by atoms with van der Waals surface area (Å²) < 4.78 is 11.0. The lowest BCUT2D eigenvalue weighted by atomic mass is 10.1. The first-order chi connectivity index (χ1) is 16.1. The van der Waals surface area contributed by atoms with Crippen molar-refractivity contribution < 1.29 is 23.9 Å². The zero-order valence-corrected chi connectivity index (χ0v) is 20.4. The Morgan fingerprint density at radius 2 is 1.71 bits per heavy atom. The number of aryl methyl sites for hydroxylation is 3. The Morgan fingerprint density at radius 1 is 1.03 bits per heavy atom. The monoisotopic (exact) mass is 468 g/mol. The summed E-state index contributed by atoms with van der Waals surface area (Å²) in [6.45, 7) is 9.41. The van der Waals surface area contributed by atoms with Crippen molar-refractivity contribution >= 4 is 29.6 Å². The average molecular weight is 469 g/mol. The molecule has 0 aliphatic heterocycles. The van der Waals surface area contributed by atoms with E-state index in [1.54, 1.807) is 25.1 Å². The van der Waals surface area contributed by atoms with Crippen LogP contribution < -0.4 is 25.5 Å². The molecular formula is C25H32N4O5. The maximum Gasteiger partial charge on any atom is 0.329 e. The van der Waals surface area contributed by atoms with Gasteiger partial charge in [-0.05, 0) is 69.0 Å². The van der Waals surface area contributed by atoms with Crippen LogP contribution in [-0.4, -0.2) is 43.7 Å². The molecule has 0 fully saturated rings. The van der Waals surface area contributed by atoms with Crippen LogP contribution in [0.4, 0.5) is 5.69 Å². The smallest absolute Gasteiger partial charge is 0.329 e. The molecule has 0 aliphatic rings. The first-order valence-electron chi connectivity index (χ1n) is 11.0. The van der Waals surface area contributed by atoms with Crippen LogP contribution in [0.3, 0.4) is 0 Å². The minimum Gasteiger partial charge on any atom is -0.493 e. The molecule has 0 spiro atoms. The zero-order chi connectivity index (χ0) is 25.3. The van der Waals surface area contributed by atoms with Crippen molar-refractivity contribution in [2.75, 3.05) is 19.0 Å². The Hall–Kier alpha value is -3.88. The number of carbonyl (C=O) groups is 3. The van der Waals surface area contributed by atoms with Crippen LogP contribution in [0.5, 0.6) is 11.5 Å². The topological polar surface area (TPSA) is 118 Å². The maximum absolute atomic E-state index is 12.4. The number of amides is 3. The first kappa shape index (κ1) is 26.4. The number of methoxy groups -OCH3 is 1. The lowest BCUT2D eigenvalue weighted by Crippen LogP contribution is -2.41. The lowest BCUT2D eigenvalue weighted by Gasteiger charge is -2.14. The Kier molecular flexibility index (Phi) is 9.61. The molecule has 0 aliphatic carbocycles. The second-order valence-corrected chi connectivity index (χ2v) is 8.00.